The summed E-state index contributed by atoms with van der Waals surface area (Å²) < 4.78 is 39.4. The lowest BCUT2D eigenvalue weighted by Crippen LogP contribution is -2.34. The van der Waals surface area contributed by atoms with Gasteiger partial charge in [0.25, 0.3) is 0 Å². The second-order valence-corrected chi connectivity index (χ2v) is 8.76. The first kappa shape index (κ1) is 20.6. The molecule has 1 N–H and O–H groups in total. The van der Waals surface area contributed by atoms with Crippen LogP contribution in [0.25, 0.3) is 0 Å². The lowest BCUT2D eigenvalue weighted by Gasteiger charge is -2.29. The number of aromatic nitrogens is 2. The van der Waals surface area contributed by atoms with Gasteiger partial charge in [-0.25, -0.2) is 0 Å². The Hall–Kier alpha value is -2.12. The molecule has 1 saturated carbocycles. The summed E-state index contributed by atoms with van der Waals surface area (Å²) in [6.07, 6.45) is -3.49. The van der Waals surface area contributed by atoms with Crippen LogP contribution >= 0.6 is 23.1 Å². The van der Waals surface area contributed by atoms with Crippen molar-refractivity contribution in [2.45, 2.75) is 42.0 Å². The predicted molar refractivity (Wildman–Crippen MR) is 101 cm³/mol. The molecule has 0 aliphatic heterocycles. The average molecular weight is 426 g/mol. The first-order chi connectivity index (χ1) is 13.3. The number of hydrogen-bond donors (Lipinski definition) is 1. The Labute approximate surface area is 168 Å². The molecule has 2 atom stereocenters. The van der Waals surface area contributed by atoms with Crippen LogP contribution in [-0.2, 0) is 10.5 Å². The second-order valence-electron chi connectivity index (χ2n) is 6.56. The van der Waals surface area contributed by atoms with Crippen molar-refractivity contribution in [3.63, 3.8) is 0 Å². The van der Waals surface area contributed by atoms with Crippen molar-refractivity contribution >= 4 is 34.1 Å². The van der Waals surface area contributed by atoms with Gasteiger partial charge in [0.1, 0.15) is 0 Å². The summed E-state index contributed by atoms with van der Waals surface area (Å²) in [5.74, 6) is -1.86. The van der Waals surface area contributed by atoms with Crippen LogP contribution < -0.4 is 5.32 Å². The molecule has 1 aromatic heterocycles. The number of benzene rings is 1. The van der Waals surface area contributed by atoms with Crippen molar-refractivity contribution in [1.29, 1.82) is 5.26 Å². The third kappa shape index (κ3) is 5.45. The number of anilines is 1. The van der Waals surface area contributed by atoms with E-state index in [9.17, 15) is 18.0 Å². The number of nitrogens with one attached hydrogen (secondary N) is 1. The molecular weight excluding hydrogens is 409 g/mol. The number of thioether (sulfide) groups is 1. The number of nitriles is 1. The van der Waals surface area contributed by atoms with Gasteiger partial charge in [0.2, 0.25) is 11.0 Å². The van der Waals surface area contributed by atoms with Crippen LogP contribution in [0.5, 0.6) is 0 Å². The SMILES string of the molecule is N#Cc1ccc(CSc2nnc(NC(=O)C3CCCC(C(F)(F)F)C3)s2)cc1. The highest BCUT2D eigenvalue weighted by Gasteiger charge is 2.43. The van der Waals surface area contributed by atoms with E-state index >= 15 is 0 Å². The quantitative estimate of drug-likeness (QED) is 0.537. The van der Waals surface area contributed by atoms with E-state index in [1.807, 2.05) is 12.1 Å². The zero-order valence-electron chi connectivity index (χ0n) is 14.7. The molecule has 0 bridgehead atoms. The molecule has 1 amide bonds. The van der Waals surface area contributed by atoms with Crippen molar-refractivity contribution in [2.24, 2.45) is 11.8 Å². The Morgan fingerprint density at radius 1 is 1.29 bits per heavy atom. The number of carbonyl (C=O) groups excluding carboxylic acids is 1. The van der Waals surface area contributed by atoms with Crippen molar-refractivity contribution in [1.82, 2.24) is 10.2 Å². The standard InChI is InChI=1S/C18H17F3N4OS2/c19-18(20,21)14-3-1-2-13(8-14)15(26)23-16-24-25-17(28-16)27-10-12-6-4-11(9-22)5-7-12/h4-7,13-14H,1-3,8,10H2,(H,23,24,26). The van der Waals surface area contributed by atoms with E-state index < -0.39 is 23.9 Å². The Bertz CT molecular complexity index is 861. The summed E-state index contributed by atoms with van der Waals surface area (Å²) in [4.78, 5) is 12.3. The van der Waals surface area contributed by atoms with Crippen molar-refractivity contribution in [2.75, 3.05) is 5.32 Å². The Kier molecular flexibility index (Phi) is 6.57. The number of hydrogen-bond acceptors (Lipinski definition) is 6. The smallest absolute Gasteiger partial charge is 0.300 e. The monoisotopic (exact) mass is 426 g/mol. The second kappa shape index (κ2) is 8.92. The number of alkyl halides is 3. The van der Waals surface area contributed by atoms with E-state index in [0.717, 1.165) is 5.56 Å². The molecule has 1 aliphatic carbocycles. The molecule has 28 heavy (non-hydrogen) atoms. The van der Waals surface area contributed by atoms with Crippen LogP contribution in [0.15, 0.2) is 28.6 Å². The van der Waals surface area contributed by atoms with Crippen LogP contribution in [0, 0.1) is 23.2 Å². The van der Waals surface area contributed by atoms with Gasteiger partial charge in [-0.05, 0) is 37.0 Å². The van der Waals surface area contributed by atoms with E-state index in [1.54, 1.807) is 12.1 Å². The fourth-order valence-corrected chi connectivity index (χ4v) is 4.78. The largest absolute Gasteiger partial charge is 0.391 e. The van der Waals surface area contributed by atoms with Gasteiger partial charge >= 0.3 is 6.18 Å². The van der Waals surface area contributed by atoms with Gasteiger partial charge in [-0.15, -0.1) is 10.2 Å². The summed E-state index contributed by atoms with van der Waals surface area (Å²) in [7, 11) is 0. The zero-order chi connectivity index (χ0) is 20.1. The number of rotatable bonds is 5. The Morgan fingerprint density at radius 3 is 2.71 bits per heavy atom. The van der Waals surface area contributed by atoms with Crippen LogP contribution in [0.3, 0.4) is 0 Å². The highest BCUT2D eigenvalue weighted by molar-refractivity contribution is 8.00. The Morgan fingerprint density at radius 2 is 2.04 bits per heavy atom. The van der Waals surface area contributed by atoms with Gasteiger partial charge in [0, 0.05) is 11.7 Å². The summed E-state index contributed by atoms with van der Waals surface area (Å²) in [6.45, 7) is 0. The van der Waals surface area contributed by atoms with Crippen molar-refractivity contribution in [3.05, 3.63) is 35.4 Å². The van der Waals surface area contributed by atoms with Crippen LogP contribution in [0.1, 0.15) is 36.8 Å². The maximum absolute atomic E-state index is 12.9. The minimum absolute atomic E-state index is 0.0855. The van der Waals surface area contributed by atoms with E-state index in [4.69, 9.17) is 5.26 Å². The maximum Gasteiger partial charge on any atom is 0.391 e. The molecule has 1 aliphatic rings. The van der Waals surface area contributed by atoms with Gasteiger partial charge in [0.15, 0.2) is 4.34 Å². The molecule has 2 aromatic rings. The summed E-state index contributed by atoms with van der Waals surface area (Å²) in [5, 5.41) is 19.6. The van der Waals surface area contributed by atoms with E-state index in [-0.39, 0.29) is 12.8 Å². The zero-order valence-corrected chi connectivity index (χ0v) is 16.3. The number of amides is 1. The lowest BCUT2D eigenvalue weighted by atomic mass is 9.80. The maximum atomic E-state index is 12.9. The Balaban J connectivity index is 1.52. The van der Waals surface area contributed by atoms with Gasteiger partial charge in [-0.3, -0.25) is 4.79 Å². The van der Waals surface area contributed by atoms with Crippen molar-refractivity contribution < 1.29 is 18.0 Å². The normalized spacial score (nSPS) is 19.8. The third-order valence-electron chi connectivity index (χ3n) is 4.59. The molecule has 10 heteroatoms. The van der Waals surface area contributed by atoms with Crippen LogP contribution in [0.2, 0.25) is 0 Å². The molecule has 1 fully saturated rings. The summed E-state index contributed by atoms with van der Waals surface area (Å²) in [5.41, 5.74) is 1.61. The predicted octanol–water partition coefficient (Wildman–Crippen LogP) is 5.01. The first-order valence-corrected chi connectivity index (χ1v) is 10.5. The van der Waals surface area contributed by atoms with E-state index in [2.05, 4.69) is 21.6 Å². The summed E-state index contributed by atoms with van der Waals surface area (Å²) in [6, 6.07) is 9.24. The van der Waals surface area contributed by atoms with Gasteiger partial charge in [-0.2, -0.15) is 18.4 Å². The average Bonchev–Trinajstić information content (AvgIpc) is 3.13. The molecule has 0 saturated heterocycles. The first-order valence-electron chi connectivity index (χ1n) is 8.68. The molecule has 1 aromatic carbocycles. The van der Waals surface area contributed by atoms with Crippen LogP contribution in [-0.4, -0.2) is 22.3 Å². The minimum atomic E-state index is -4.25. The topological polar surface area (TPSA) is 78.7 Å². The van der Waals surface area contributed by atoms with Gasteiger partial charge in [0.05, 0.1) is 17.6 Å². The molecular formula is C18H17F3N4OS2. The number of nitrogens with zero attached hydrogens (tertiary/aromatic N) is 3. The van der Waals surface area contributed by atoms with Gasteiger partial charge in [-0.1, -0.05) is 41.7 Å². The molecule has 0 radical (unpaired) electrons. The molecule has 148 valence electrons. The van der Waals surface area contributed by atoms with Gasteiger partial charge < -0.3 is 5.32 Å². The van der Waals surface area contributed by atoms with E-state index in [0.29, 0.717) is 33.6 Å². The molecule has 1 heterocycles. The molecule has 3 rings (SSSR count). The molecule has 5 nitrogen and oxygen atoms in total. The minimum Gasteiger partial charge on any atom is -0.300 e. The number of carbonyl (C=O) groups is 1. The van der Waals surface area contributed by atoms with E-state index in [1.165, 1.54) is 23.1 Å². The fourth-order valence-electron chi connectivity index (χ4n) is 3.07. The highest BCUT2D eigenvalue weighted by Crippen LogP contribution is 2.40. The van der Waals surface area contributed by atoms with Crippen LogP contribution in [0.4, 0.5) is 18.3 Å². The van der Waals surface area contributed by atoms with Crippen molar-refractivity contribution in [3.8, 4) is 6.07 Å². The lowest BCUT2D eigenvalue weighted by molar-refractivity contribution is -0.185. The number of halogens is 3. The fraction of sp³-hybridized carbons (Fsp3) is 0.444. The molecule has 0 spiro atoms. The third-order valence-corrected chi connectivity index (χ3v) is 6.63. The highest BCUT2D eigenvalue weighted by atomic mass is 32.2. The summed E-state index contributed by atoms with van der Waals surface area (Å²) >= 11 is 2.63. The molecule has 2 unspecified atom stereocenters.